The minimum atomic E-state index is -4.02. The Kier molecular flexibility index (Phi) is 4.07. The largest absolute Gasteiger partial charge is 0.391 e. The molecule has 0 unspecified atom stereocenters. The van der Waals surface area contributed by atoms with Gasteiger partial charge in [-0.05, 0) is 56.7 Å². The van der Waals surface area contributed by atoms with Crippen LogP contribution >= 0.6 is 0 Å². The third kappa shape index (κ3) is 3.43. The summed E-state index contributed by atoms with van der Waals surface area (Å²) in [7, 11) is 0. The van der Waals surface area contributed by atoms with Gasteiger partial charge < -0.3 is 5.32 Å². The van der Waals surface area contributed by atoms with Crippen molar-refractivity contribution in [3.05, 3.63) is 29.3 Å². The van der Waals surface area contributed by atoms with Crippen LogP contribution in [0.5, 0.6) is 0 Å². The molecule has 0 spiro atoms. The van der Waals surface area contributed by atoms with Crippen molar-refractivity contribution in [1.82, 2.24) is 0 Å². The molecule has 0 bridgehead atoms. The van der Waals surface area contributed by atoms with Crippen molar-refractivity contribution < 1.29 is 13.2 Å². The fourth-order valence-electron chi connectivity index (χ4n) is 2.69. The third-order valence-corrected chi connectivity index (χ3v) is 4.15. The molecule has 0 heterocycles. The zero-order valence-electron chi connectivity index (χ0n) is 11.3. The summed E-state index contributed by atoms with van der Waals surface area (Å²) in [5.74, 6) is -1.11. The minimum absolute atomic E-state index is 0.166. The molecule has 19 heavy (non-hydrogen) atoms. The van der Waals surface area contributed by atoms with Crippen molar-refractivity contribution in [3.63, 3.8) is 0 Å². The van der Waals surface area contributed by atoms with Crippen molar-refractivity contribution in [2.75, 3.05) is 5.32 Å². The predicted octanol–water partition coefficient (Wildman–Crippen LogP) is 4.84. The Morgan fingerprint density at radius 2 is 1.68 bits per heavy atom. The summed E-state index contributed by atoms with van der Waals surface area (Å²) >= 11 is 0. The first kappa shape index (κ1) is 14.2. The summed E-state index contributed by atoms with van der Waals surface area (Å²) in [5, 5.41) is 3.39. The van der Waals surface area contributed by atoms with Crippen LogP contribution in [0.3, 0.4) is 0 Å². The highest BCUT2D eigenvalue weighted by Crippen LogP contribution is 2.38. The number of rotatable bonds is 2. The van der Waals surface area contributed by atoms with E-state index >= 15 is 0 Å². The molecule has 4 heteroatoms. The molecule has 0 aromatic heterocycles. The normalized spacial score (nSPS) is 24.3. The number of anilines is 1. The Hall–Kier alpha value is -1.19. The van der Waals surface area contributed by atoms with E-state index in [1.807, 2.05) is 32.0 Å². The lowest BCUT2D eigenvalue weighted by atomic mass is 9.85. The van der Waals surface area contributed by atoms with Crippen LogP contribution in [0, 0.1) is 19.8 Å². The lowest BCUT2D eigenvalue weighted by molar-refractivity contribution is -0.182. The summed E-state index contributed by atoms with van der Waals surface area (Å²) in [6.45, 7) is 4.08. The summed E-state index contributed by atoms with van der Waals surface area (Å²) in [6, 6.07) is 6.18. The highest BCUT2D eigenvalue weighted by Gasteiger charge is 2.41. The second-order valence-electron chi connectivity index (χ2n) is 5.48. The number of halogens is 3. The van der Waals surface area contributed by atoms with E-state index in [-0.39, 0.29) is 18.9 Å². The Bertz CT molecular complexity index is 432. The van der Waals surface area contributed by atoms with E-state index in [2.05, 4.69) is 5.32 Å². The zero-order chi connectivity index (χ0) is 14.0. The standard InChI is InChI=1S/C15H20F3N/c1-10-4-3-5-14(11(10)2)19-13-8-6-12(7-9-13)15(16,17)18/h3-5,12-13,19H,6-9H2,1-2H3. The van der Waals surface area contributed by atoms with Crippen LogP contribution in [0.1, 0.15) is 36.8 Å². The van der Waals surface area contributed by atoms with Gasteiger partial charge in [-0.15, -0.1) is 0 Å². The fraction of sp³-hybridized carbons (Fsp3) is 0.600. The van der Waals surface area contributed by atoms with Gasteiger partial charge in [-0.3, -0.25) is 0 Å². The van der Waals surface area contributed by atoms with Crippen LogP contribution in [-0.4, -0.2) is 12.2 Å². The smallest absolute Gasteiger partial charge is 0.382 e. The van der Waals surface area contributed by atoms with Gasteiger partial charge in [0.1, 0.15) is 0 Å². The Balaban J connectivity index is 1.94. The molecule has 1 saturated carbocycles. The van der Waals surface area contributed by atoms with Crippen molar-refractivity contribution in [2.24, 2.45) is 5.92 Å². The van der Waals surface area contributed by atoms with Gasteiger partial charge in [0.05, 0.1) is 5.92 Å². The molecule has 0 saturated heterocycles. The first-order chi connectivity index (χ1) is 8.88. The molecule has 1 fully saturated rings. The quantitative estimate of drug-likeness (QED) is 0.811. The molecule has 2 rings (SSSR count). The molecule has 1 aromatic carbocycles. The Morgan fingerprint density at radius 3 is 2.26 bits per heavy atom. The Labute approximate surface area is 112 Å². The second kappa shape index (κ2) is 5.43. The molecule has 106 valence electrons. The molecule has 0 radical (unpaired) electrons. The maximum absolute atomic E-state index is 12.6. The summed E-state index contributed by atoms with van der Waals surface area (Å²) in [6.07, 6.45) is -2.35. The van der Waals surface area contributed by atoms with Crippen molar-refractivity contribution in [2.45, 2.75) is 51.7 Å². The molecule has 0 aliphatic heterocycles. The van der Waals surface area contributed by atoms with Crippen LogP contribution in [0.4, 0.5) is 18.9 Å². The number of nitrogens with one attached hydrogen (secondary N) is 1. The molecule has 1 aliphatic carbocycles. The Morgan fingerprint density at radius 1 is 1.05 bits per heavy atom. The van der Waals surface area contributed by atoms with Gasteiger partial charge in [0, 0.05) is 11.7 Å². The summed E-state index contributed by atoms with van der Waals surface area (Å²) in [4.78, 5) is 0. The van der Waals surface area contributed by atoms with E-state index in [0.29, 0.717) is 12.8 Å². The first-order valence-electron chi connectivity index (χ1n) is 6.77. The number of benzene rings is 1. The number of aryl methyl sites for hydroxylation is 1. The molecule has 1 aromatic rings. The van der Waals surface area contributed by atoms with Gasteiger partial charge >= 0.3 is 6.18 Å². The summed E-state index contributed by atoms with van der Waals surface area (Å²) < 4.78 is 37.8. The SMILES string of the molecule is Cc1cccc(NC2CCC(C(F)(F)F)CC2)c1C. The van der Waals surface area contributed by atoms with Crippen LogP contribution in [0.15, 0.2) is 18.2 Å². The molecular weight excluding hydrogens is 251 g/mol. The first-order valence-corrected chi connectivity index (χ1v) is 6.77. The van der Waals surface area contributed by atoms with Gasteiger partial charge in [-0.1, -0.05) is 12.1 Å². The predicted molar refractivity (Wildman–Crippen MR) is 71.3 cm³/mol. The second-order valence-corrected chi connectivity index (χ2v) is 5.48. The molecule has 0 atom stereocenters. The topological polar surface area (TPSA) is 12.0 Å². The molecule has 1 nitrogen and oxygen atoms in total. The van der Waals surface area contributed by atoms with Crippen LogP contribution < -0.4 is 5.32 Å². The van der Waals surface area contributed by atoms with Gasteiger partial charge in [0.25, 0.3) is 0 Å². The monoisotopic (exact) mass is 271 g/mol. The lowest BCUT2D eigenvalue weighted by Gasteiger charge is -2.31. The molecular formula is C15H20F3N. The average Bonchev–Trinajstić information content (AvgIpc) is 2.35. The maximum Gasteiger partial charge on any atom is 0.391 e. The number of hydrogen-bond acceptors (Lipinski definition) is 1. The van der Waals surface area contributed by atoms with Gasteiger partial charge in [-0.2, -0.15) is 13.2 Å². The van der Waals surface area contributed by atoms with E-state index < -0.39 is 12.1 Å². The van der Waals surface area contributed by atoms with Gasteiger partial charge in [-0.25, -0.2) is 0 Å². The van der Waals surface area contributed by atoms with Crippen LogP contribution in [-0.2, 0) is 0 Å². The van der Waals surface area contributed by atoms with Crippen LogP contribution in [0.25, 0.3) is 0 Å². The van der Waals surface area contributed by atoms with E-state index in [1.165, 1.54) is 11.1 Å². The average molecular weight is 271 g/mol. The van der Waals surface area contributed by atoms with Gasteiger partial charge in [0.2, 0.25) is 0 Å². The highest BCUT2D eigenvalue weighted by atomic mass is 19.4. The van der Waals surface area contributed by atoms with Crippen molar-refractivity contribution in [3.8, 4) is 0 Å². The fourth-order valence-corrected chi connectivity index (χ4v) is 2.69. The molecule has 1 aliphatic rings. The maximum atomic E-state index is 12.6. The molecule has 0 amide bonds. The number of alkyl halides is 3. The van der Waals surface area contributed by atoms with E-state index in [1.54, 1.807) is 0 Å². The lowest BCUT2D eigenvalue weighted by Crippen LogP contribution is -2.33. The van der Waals surface area contributed by atoms with Crippen molar-refractivity contribution in [1.29, 1.82) is 0 Å². The highest BCUT2D eigenvalue weighted by molar-refractivity contribution is 5.54. The summed E-state index contributed by atoms with van der Waals surface area (Å²) in [5.41, 5.74) is 3.44. The number of hydrogen-bond donors (Lipinski definition) is 1. The zero-order valence-corrected chi connectivity index (χ0v) is 11.3. The van der Waals surface area contributed by atoms with Crippen LogP contribution in [0.2, 0.25) is 0 Å². The van der Waals surface area contributed by atoms with Crippen molar-refractivity contribution >= 4 is 5.69 Å². The van der Waals surface area contributed by atoms with E-state index in [0.717, 1.165) is 5.69 Å². The van der Waals surface area contributed by atoms with Gasteiger partial charge in [0.15, 0.2) is 0 Å². The van der Waals surface area contributed by atoms with E-state index in [9.17, 15) is 13.2 Å². The third-order valence-electron chi connectivity index (χ3n) is 4.15. The van der Waals surface area contributed by atoms with E-state index in [4.69, 9.17) is 0 Å². The molecule has 1 N–H and O–H groups in total. The minimum Gasteiger partial charge on any atom is -0.382 e.